The molecular weight excluding hydrogens is 310 g/mol. The first kappa shape index (κ1) is 16.6. The van der Waals surface area contributed by atoms with Gasteiger partial charge in [-0.1, -0.05) is 42.5 Å². The Balaban J connectivity index is 1.34. The Morgan fingerprint density at radius 2 is 1.84 bits per heavy atom. The summed E-state index contributed by atoms with van der Waals surface area (Å²) in [5, 5.41) is 3.75. The molecule has 2 aliphatic rings. The summed E-state index contributed by atoms with van der Waals surface area (Å²) in [4.78, 5) is 0. The molecule has 2 aromatic rings. The van der Waals surface area contributed by atoms with Crippen LogP contribution in [0.25, 0.3) is 0 Å². The molecule has 4 heteroatoms. The van der Waals surface area contributed by atoms with Crippen molar-refractivity contribution in [2.24, 2.45) is 5.92 Å². The predicted octanol–water partition coefficient (Wildman–Crippen LogP) is 2.78. The summed E-state index contributed by atoms with van der Waals surface area (Å²) < 4.78 is 5.26. The van der Waals surface area contributed by atoms with Crippen molar-refractivity contribution in [2.75, 3.05) is 26.7 Å². The number of nitrogens with one attached hydrogen (secondary N) is 3. The van der Waals surface area contributed by atoms with E-state index in [9.17, 15) is 0 Å². The second-order valence-corrected chi connectivity index (χ2v) is 7.31. The maximum absolute atomic E-state index is 5.26. The Morgan fingerprint density at radius 1 is 1.08 bits per heavy atom. The predicted molar refractivity (Wildman–Crippen MR) is 101 cm³/mol. The van der Waals surface area contributed by atoms with E-state index in [0.717, 1.165) is 25.4 Å². The maximum Gasteiger partial charge on any atom is 0.118 e. The average molecular weight is 337 g/mol. The van der Waals surface area contributed by atoms with Gasteiger partial charge in [0.15, 0.2) is 0 Å². The van der Waals surface area contributed by atoms with Gasteiger partial charge in [0.05, 0.1) is 13.2 Å². The van der Waals surface area contributed by atoms with Crippen LogP contribution in [-0.2, 0) is 5.41 Å². The normalized spacial score (nSPS) is 24.2. The molecule has 1 heterocycles. The Bertz CT molecular complexity index is 682. The molecule has 2 fully saturated rings. The van der Waals surface area contributed by atoms with Gasteiger partial charge < -0.3 is 10.1 Å². The summed E-state index contributed by atoms with van der Waals surface area (Å²) in [6.45, 7) is 3.08. The van der Waals surface area contributed by atoms with Crippen molar-refractivity contribution in [2.45, 2.75) is 24.3 Å². The van der Waals surface area contributed by atoms with E-state index in [0.29, 0.717) is 17.4 Å². The molecule has 0 aromatic heterocycles. The number of ether oxygens (including phenoxy) is 1. The van der Waals surface area contributed by atoms with Crippen molar-refractivity contribution >= 4 is 0 Å². The van der Waals surface area contributed by atoms with Crippen molar-refractivity contribution in [3.63, 3.8) is 0 Å². The average Bonchev–Trinajstić information content (AvgIpc) is 3.32. The smallest absolute Gasteiger partial charge is 0.118 e. The number of methoxy groups -OCH3 is 1. The zero-order valence-electron chi connectivity index (χ0n) is 14.8. The van der Waals surface area contributed by atoms with E-state index < -0.39 is 0 Å². The first-order valence-electron chi connectivity index (χ1n) is 9.19. The van der Waals surface area contributed by atoms with Gasteiger partial charge in [-0.3, -0.25) is 5.43 Å². The molecule has 0 amide bonds. The number of rotatable bonds is 7. The van der Waals surface area contributed by atoms with E-state index in [-0.39, 0.29) is 0 Å². The van der Waals surface area contributed by atoms with Gasteiger partial charge in [0, 0.05) is 31.0 Å². The van der Waals surface area contributed by atoms with Crippen LogP contribution in [-0.4, -0.2) is 26.7 Å². The van der Waals surface area contributed by atoms with Crippen LogP contribution < -0.4 is 20.9 Å². The highest BCUT2D eigenvalue weighted by atomic mass is 16.5. The molecule has 4 nitrogen and oxygen atoms in total. The van der Waals surface area contributed by atoms with Crippen molar-refractivity contribution in [1.29, 1.82) is 0 Å². The van der Waals surface area contributed by atoms with E-state index in [1.54, 1.807) is 7.11 Å². The van der Waals surface area contributed by atoms with Crippen molar-refractivity contribution in [3.8, 4) is 5.75 Å². The van der Waals surface area contributed by atoms with Gasteiger partial charge >= 0.3 is 0 Å². The molecule has 0 radical (unpaired) electrons. The number of hydrazine groups is 1. The molecule has 0 bridgehead atoms. The summed E-state index contributed by atoms with van der Waals surface area (Å²) in [6.07, 6.45) is 2.60. The van der Waals surface area contributed by atoms with E-state index >= 15 is 0 Å². The van der Waals surface area contributed by atoms with Crippen LogP contribution in [0.5, 0.6) is 5.75 Å². The van der Waals surface area contributed by atoms with Crippen molar-refractivity contribution < 1.29 is 4.74 Å². The fourth-order valence-electron chi connectivity index (χ4n) is 3.90. The van der Waals surface area contributed by atoms with Crippen LogP contribution in [0.2, 0.25) is 0 Å². The molecule has 4 rings (SSSR count). The highest BCUT2D eigenvalue weighted by Gasteiger charge is 2.43. The lowest BCUT2D eigenvalue weighted by Gasteiger charge is -2.22. The third kappa shape index (κ3) is 3.56. The second kappa shape index (κ2) is 7.16. The van der Waals surface area contributed by atoms with E-state index in [1.807, 2.05) is 12.1 Å². The minimum atomic E-state index is 0.338. The quantitative estimate of drug-likeness (QED) is 0.727. The summed E-state index contributed by atoms with van der Waals surface area (Å²) >= 11 is 0. The minimum Gasteiger partial charge on any atom is -0.497 e. The number of hydrogen-bond acceptors (Lipinski definition) is 4. The molecule has 25 heavy (non-hydrogen) atoms. The lowest BCUT2D eigenvalue weighted by molar-refractivity contribution is 0.412. The Kier molecular flexibility index (Phi) is 4.75. The Morgan fingerprint density at radius 3 is 2.52 bits per heavy atom. The van der Waals surface area contributed by atoms with Crippen molar-refractivity contribution in [3.05, 3.63) is 65.7 Å². The van der Waals surface area contributed by atoms with Gasteiger partial charge in [0.2, 0.25) is 0 Å². The molecule has 0 spiro atoms. The lowest BCUT2D eigenvalue weighted by atomic mass is 9.93. The molecule has 2 atom stereocenters. The van der Waals surface area contributed by atoms with Crippen LogP contribution in [0.3, 0.4) is 0 Å². The maximum atomic E-state index is 5.26. The zero-order valence-corrected chi connectivity index (χ0v) is 14.8. The third-order valence-corrected chi connectivity index (χ3v) is 5.68. The summed E-state index contributed by atoms with van der Waals surface area (Å²) in [5.41, 5.74) is 9.91. The molecule has 3 N–H and O–H groups in total. The van der Waals surface area contributed by atoms with Gasteiger partial charge in [-0.2, -0.15) is 0 Å². The summed E-state index contributed by atoms with van der Waals surface area (Å²) in [5.74, 6) is 1.45. The fourth-order valence-corrected chi connectivity index (χ4v) is 3.90. The standard InChI is InChI=1S/C21H27N3O/c1-25-19-9-7-16(8-10-19)20-17(14-23-24-20)13-22-15-21(11-12-21)18-5-3-2-4-6-18/h2-10,17,20,22-24H,11-15H2,1H3. The van der Waals surface area contributed by atoms with Crippen LogP contribution in [0.15, 0.2) is 54.6 Å². The first-order chi connectivity index (χ1) is 12.3. The minimum absolute atomic E-state index is 0.338. The van der Waals surface area contributed by atoms with E-state index in [1.165, 1.54) is 24.0 Å². The fraction of sp³-hybridized carbons (Fsp3) is 0.429. The van der Waals surface area contributed by atoms with E-state index in [2.05, 4.69) is 58.6 Å². The third-order valence-electron chi connectivity index (χ3n) is 5.68. The van der Waals surface area contributed by atoms with E-state index in [4.69, 9.17) is 4.74 Å². The van der Waals surface area contributed by atoms with Crippen LogP contribution in [0.1, 0.15) is 30.0 Å². The highest BCUT2D eigenvalue weighted by molar-refractivity contribution is 5.32. The topological polar surface area (TPSA) is 45.3 Å². The second-order valence-electron chi connectivity index (χ2n) is 7.31. The summed E-state index contributed by atoms with van der Waals surface area (Å²) in [6, 6.07) is 19.7. The first-order valence-corrected chi connectivity index (χ1v) is 9.19. The van der Waals surface area contributed by atoms with Gasteiger partial charge in [0.25, 0.3) is 0 Å². The molecule has 2 aromatic carbocycles. The molecule has 132 valence electrons. The lowest BCUT2D eigenvalue weighted by Crippen LogP contribution is -2.33. The van der Waals surface area contributed by atoms with Gasteiger partial charge in [-0.05, 0) is 36.1 Å². The molecule has 1 saturated heterocycles. The van der Waals surface area contributed by atoms with Gasteiger partial charge in [0.1, 0.15) is 5.75 Å². The zero-order chi connectivity index (χ0) is 17.1. The van der Waals surface area contributed by atoms with Crippen LogP contribution >= 0.6 is 0 Å². The molecular formula is C21H27N3O. The Labute approximate surface area is 149 Å². The Hall–Kier alpha value is -1.88. The highest BCUT2D eigenvalue weighted by Crippen LogP contribution is 2.47. The molecule has 1 saturated carbocycles. The van der Waals surface area contributed by atoms with Crippen LogP contribution in [0.4, 0.5) is 0 Å². The molecule has 2 unspecified atom stereocenters. The SMILES string of the molecule is COc1ccc(C2NNCC2CNCC2(c3ccccc3)CC2)cc1. The molecule has 1 aliphatic carbocycles. The van der Waals surface area contributed by atoms with Gasteiger partial charge in [-0.25, -0.2) is 5.43 Å². The monoisotopic (exact) mass is 337 g/mol. The number of benzene rings is 2. The number of hydrogen-bond donors (Lipinski definition) is 3. The largest absolute Gasteiger partial charge is 0.497 e. The molecule has 1 aliphatic heterocycles. The van der Waals surface area contributed by atoms with Crippen LogP contribution in [0, 0.1) is 5.92 Å². The van der Waals surface area contributed by atoms with Gasteiger partial charge in [-0.15, -0.1) is 0 Å². The van der Waals surface area contributed by atoms with Crippen molar-refractivity contribution in [1.82, 2.24) is 16.2 Å². The summed E-state index contributed by atoms with van der Waals surface area (Å²) in [7, 11) is 1.71.